The number of carbonyl (C=O) groups is 1. The Labute approximate surface area is 194 Å². The largest absolute Gasteiger partial charge is 0.505 e. The standard InChI is InChI=1S/C23H19N5O5S/c1-15-5-4-6-17(13-15)28-21(30)14-19(29)22(26-28)23(31)25-16-8-10-18(11-9-16)34(32,33)27-20-7-2-3-12-24-20/h2-14,29H,1H3,(H,24,27)(H,25,31). The third-order valence-corrected chi connectivity index (χ3v) is 6.07. The van der Waals surface area contributed by atoms with Gasteiger partial charge in [0.15, 0.2) is 11.4 Å². The molecule has 0 saturated carbocycles. The molecule has 3 N–H and O–H groups in total. The van der Waals surface area contributed by atoms with Crippen molar-refractivity contribution in [3.63, 3.8) is 0 Å². The van der Waals surface area contributed by atoms with E-state index in [9.17, 15) is 23.1 Å². The molecular weight excluding hydrogens is 458 g/mol. The summed E-state index contributed by atoms with van der Waals surface area (Å²) in [6.45, 7) is 1.85. The zero-order valence-electron chi connectivity index (χ0n) is 17.8. The lowest BCUT2D eigenvalue weighted by molar-refractivity contribution is 0.101. The van der Waals surface area contributed by atoms with Gasteiger partial charge in [-0.25, -0.2) is 13.4 Å². The Morgan fingerprint density at radius 1 is 1.00 bits per heavy atom. The van der Waals surface area contributed by atoms with Crippen LogP contribution in [0.4, 0.5) is 11.5 Å². The Hall–Kier alpha value is -4.51. The number of carbonyl (C=O) groups excluding carboxylic acids is 1. The highest BCUT2D eigenvalue weighted by Crippen LogP contribution is 2.19. The minimum Gasteiger partial charge on any atom is -0.505 e. The Morgan fingerprint density at radius 2 is 1.76 bits per heavy atom. The molecule has 4 rings (SSSR count). The highest BCUT2D eigenvalue weighted by atomic mass is 32.2. The van der Waals surface area contributed by atoms with Crippen molar-refractivity contribution in [3.05, 3.63) is 101 Å². The van der Waals surface area contributed by atoms with E-state index in [2.05, 4.69) is 20.1 Å². The molecule has 1 amide bonds. The Kier molecular flexibility index (Phi) is 6.11. The number of anilines is 2. The molecule has 11 heteroatoms. The molecule has 0 unspecified atom stereocenters. The number of nitrogens with zero attached hydrogens (tertiary/aromatic N) is 3. The number of aromatic hydroxyl groups is 1. The van der Waals surface area contributed by atoms with E-state index >= 15 is 0 Å². The van der Waals surface area contributed by atoms with E-state index in [4.69, 9.17) is 0 Å². The molecule has 0 spiro atoms. The van der Waals surface area contributed by atoms with Crippen LogP contribution in [0.5, 0.6) is 5.75 Å². The predicted molar refractivity (Wildman–Crippen MR) is 126 cm³/mol. The van der Waals surface area contributed by atoms with Gasteiger partial charge in [0, 0.05) is 18.0 Å². The van der Waals surface area contributed by atoms with Crippen molar-refractivity contribution in [2.75, 3.05) is 10.0 Å². The first kappa shape index (κ1) is 22.7. The predicted octanol–water partition coefficient (Wildman–Crippen LogP) is 2.69. The van der Waals surface area contributed by atoms with Gasteiger partial charge in [-0.3, -0.25) is 14.3 Å². The van der Waals surface area contributed by atoms with Gasteiger partial charge in [0.1, 0.15) is 5.82 Å². The second-order valence-electron chi connectivity index (χ2n) is 7.27. The summed E-state index contributed by atoms with van der Waals surface area (Å²) in [6.07, 6.45) is 1.46. The maximum Gasteiger partial charge on any atom is 0.279 e. The fourth-order valence-corrected chi connectivity index (χ4v) is 4.09. The quantitative estimate of drug-likeness (QED) is 0.387. The normalized spacial score (nSPS) is 11.1. The summed E-state index contributed by atoms with van der Waals surface area (Å²) in [4.78, 5) is 28.9. The summed E-state index contributed by atoms with van der Waals surface area (Å²) in [5.41, 5.74) is 0.618. The number of sulfonamides is 1. The molecule has 172 valence electrons. The van der Waals surface area contributed by atoms with Gasteiger partial charge in [0.25, 0.3) is 21.5 Å². The second-order valence-corrected chi connectivity index (χ2v) is 8.95. The smallest absolute Gasteiger partial charge is 0.279 e. The summed E-state index contributed by atoms with van der Waals surface area (Å²) in [7, 11) is -3.88. The van der Waals surface area contributed by atoms with Crippen LogP contribution in [0.1, 0.15) is 16.1 Å². The third kappa shape index (κ3) is 4.94. The number of hydrogen-bond acceptors (Lipinski definition) is 7. The molecule has 0 bridgehead atoms. The van der Waals surface area contributed by atoms with Crippen molar-refractivity contribution in [1.82, 2.24) is 14.8 Å². The number of benzene rings is 2. The third-order valence-electron chi connectivity index (χ3n) is 4.70. The summed E-state index contributed by atoms with van der Waals surface area (Å²) in [5, 5.41) is 16.7. The lowest BCUT2D eigenvalue weighted by Gasteiger charge is -2.11. The number of aryl methyl sites for hydroxylation is 1. The van der Waals surface area contributed by atoms with Crippen LogP contribution in [0.2, 0.25) is 0 Å². The first-order valence-corrected chi connectivity index (χ1v) is 11.5. The van der Waals surface area contributed by atoms with E-state index in [0.29, 0.717) is 5.69 Å². The van der Waals surface area contributed by atoms with Crippen LogP contribution in [-0.4, -0.2) is 34.2 Å². The van der Waals surface area contributed by atoms with Crippen molar-refractivity contribution in [2.45, 2.75) is 11.8 Å². The van der Waals surface area contributed by atoms with E-state index in [1.165, 1.54) is 36.5 Å². The highest BCUT2D eigenvalue weighted by molar-refractivity contribution is 7.92. The molecule has 0 atom stereocenters. The Morgan fingerprint density at radius 3 is 2.44 bits per heavy atom. The van der Waals surface area contributed by atoms with Gasteiger partial charge in [-0.15, -0.1) is 0 Å². The summed E-state index contributed by atoms with van der Waals surface area (Å²) < 4.78 is 28.4. The van der Waals surface area contributed by atoms with Crippen molar-refractivity contribution in [1.29, 1.82) is 0 Å². The molecule has 10 nitrogen and oxygen atoms in total. The van der Waals surface area contributed by atoms with Gasteiger partial charge in [0.05, 0.1) is 10.6 Å². The van der Waals surface area contributed by atoms with Crippen molar-refractivity contribution >= 4 is 27.4 Å². The summed E-state index contributed by atoms with van der Waals surface area (Å²) >= 11 is 0. The summed E-state index contributed by atoms with van der Waals surface area (Å²) in [5.74, 6) is -1.18. The maximum absolute atomic E-state index is 12.7. The minimum atomic E-state index is -3.88. The Balaban J connectivity index is 1.55. The summed E-state index contributed by atoms with van der Waals surface area (Å²) in [6, 6.07) is 18.1. The SMILES string of the molecule is Cc1cccc(-n2nc(C(=O)Nc3ccc(S(=O)(=O)Nc4ccccn4)cc3)c(O)cc2=O)c1. The van der Waals surface area contributed by atoms with Crippen LogP contribution in [0.15, 0.2) is 88.7 Å². The number of aromatic nitrogens is 3. The molecule has 0 aliphatic heterocycles. The van der Waals surface area contributed by atoms with Crippen LogP contribution in [0, 0.1) is 6.92 Å². The lowest BCUT2D eigenvalue weighted by atomic mass is 10.2. The van der Waals surface area contributed by atoms with E-state index in [1.807, 2.05) is 13.0 Å². The zero-order chi connectivity index (χ0) is 24.3. The van der Waals surface area contributed by atoms with Gasteiger partial charge in [-0.2, -0.15) is 9.78 Å². The van der Waals surface area contributed by atoms with Gasteiger partial charge in [-0.05, 0) is 61.0 Å². The fourth-order valence-electron chi connectivity index (χ4n) is 3.08. The Bertz CT molecular complexity index is 1520. The molecule has 2 aromatic heterocycles. The molecule has 0 aliphatic carbocycles. The van der Waals surface area contributed by atoms with E-state index in [-0.39, 0.29) is 22.1 Å². The average molecular weight is 478 g/mol. The number of hydrogen-bond donors (Lipinski definition) is 3. The van der Waals surface area contributed by atoms with Crippen molar-refractivity contribution in [3.8, 4) is 11.4 Å². The minimum absolute atomic E-state index is 0.0369. The first-order valence-electron chi connectivity index (χ1n) is 9.98. The average Bonchev–Trinajstić information content (AvgIpc) is 2.80. The van der Waals surface area contributed by atoms with Crippen LogP contribution in [0.25, 0.3) is 5.69 Å². The fraction of sp³-hybridized carbons (Fsp3) is 0.0435. The molecule has 0 aliphatic rings. The highest BCUT2D eigenvalue weighted by Gasteiger charge is 2.19. The number of nitrogens with one attached hydrogen (secondary N) is 2. The zero-order valence-corrected chi connectivity index (χ0v) is 18.7. The molecule has 2 heterocycles. The first-order chi connectivity index (χ1) is 16.2. The molecule has 0 fully saturated rings. The molecule has 4 aromatic rings. The van der Waals surface area contributed by atoms with Gasteiger partial charge < -0.3 is 10.4 Å². The number of rotatable bonds is 6. The van der Waals surface area contributed by atoms with Crippen molar-refractivity contribution in [2.24, 2.45) is 0 Å². The van der Waals surface area contributed by atoms with Gasteiger partial charge >= 0.3 is 0 Å². The van der Waals surface area contributed by atoms with E-state index < -0.39 is 27.2 Å². The molecular formula is C23H19N5O5S. The van der Waals surface area contributed by atoms with E-state index in [1.54, 1.807) is 30.3 Å². The molecule has 0 radical (unpaired) electrons. The second kappa shape index (κ2) is 9.16. The van der Waals surface area contributed by atoms with E-state index in [0.717, 1.165) is 16.3 Å². The van der Waals surface area contributed by atoms with Crippen LogP contribution in [-0.2, 0) is 10.0 Å². The topological polar surface area (TPSA) is 143 Å². The maximum atomic E-state index is 12.7. The monoisotopic (exact) mass is 477 g/mol. The molecule has 34 heavy (non-hydrogen) atoms. The molecule has 2 aromatic carbocycles. The number of pyridine rings is 1. The van der Waals surface area contributed by atoms with Crippen LogP contribution < -0.4 is 15.6 Å². The van der Waals surface area contributed by atoms with Gasteiger partial charge in [-0.1, -0.05) is 18.2 Å². The van der Waals surface area contributed by atoms with Crippen LogP contribution >= 0.6 is 0 Å². The van der Waals surface area contributed by atoms with Crippen molar-refractivity contribution < 1.29 is 18.3 Å². The van der Waals surface area contributed by atoms with Crippen LogP contribution in [0.3, 0.4) is 0 Å². The lowest BCUT2D eigenvalue weighted by Crippen LogP contribution is -2.25. The number of amides is 1. The molecule has 0 saturated heterocycles. The van der Waals surface area contributed by atoms with Gasteiger partial charge in [0.2, 0.25) is 0 Å².